The van der Waals surface area contributed by atoms with E-state index in [0.29, 0.717) is 38.5 Å². The first-order valence-electron chi connectivity index (χ1n) is 13.4. The number of carbonyl (C=O) groups excluding carboxylic acids is 1. The fourth-order valence-electron chi connectivity index (χ4n) is 4.84. The van der Waals surface area contributed by atoms with Crippen molar-refractivity contribution in [3.63, 3.8) is 0 Å². The summed E-state index contributed by atoms with van der Waals surface area (Å²) < 4.78 is 21.7. The molecule has 0 radical (unpaired) electrons. The van der Waals surface area contributed by atoms with Gasteiger partial charge < -0.3 is 10.1 Å². The quantitative estimate of drug-likeness (QED) is 0.275. The first-order chi connectivity index (χ1) is 20.5. The number of halogens is 1. The lowest BCUT2D eigenvalue weighted by Crippen LogP contribution is -2.40. The van der Waals surface area contributed by atoms with E-state index in [-0.39, 0.29) is 11.5 Å². The Bertz CT molecular complexity index is 1950. The highest BCUT2D eigenvalue weighted by atomic mass is 32.1. The van der Waals surface area contributed by atoms with Crippen LogP contribution in [0.5, 0.6) is 5.75 Å². The van der Waals surface area contributed by atoms with Crippen molar-refractivity contribution >= 4 is 29.0 Å². The van der Waals surface area contributed by atoms with Gasteiger partial charge in [-0.15, -0.1) is 0 Å². The van der Waals surface area contributed by atoms with Gasteiger partial charge in [-0.2, -0.15) is 0 Å². The van der Waals surface area contributed by atoms with Crippen molar-refractivity contribution in [3.8, 4) is 5.75 Å². The Kier molecular flexibility index (Phi) is 7.62. The van der Waals surface area contributed by atoms with Crippen molar-refractivity contribution in [1.82, 2.24) is 4.57 Å². The topological polar surface area (TPSA) is 72.7 Å². The Balaban J connectivity index is 1.35. The first kappa shape index (κ1) is 27.1. The Morgan fingerprint density at radius 1 is 0.952 bits per heavy atom. The smallest absolute Gasteiger partial charge is 0.271 e. The molecule has 0 spiro atoms. The largest absolute Gasteiger partial charge is 0.489 e. The van der Waals surface area contributed by atoms with Gasteiger partial charge in [-0.3, -0.25) is 14.2 Å². The van der Waals surface area contributed by atoms with E-state index in [1.165, 1.54) is 28.0 Å². The highest BCUT2D eigenvalue weighted by Crippen LogP contribution is 2.31. The van der Waals surface area contributed by atoms with Crippen molar-refractivity contribution in [2.45, 2.75) is 19.6 Å². The van der Waals surface area contributed by atoms with Gasteiger partial charge in [-0.1, -0.05) is 84.1 Å². The van der Waals surface area contributed by atoms with Crippen LogP contribution in [0.25, 0.3) is 6.08 Å². The number of benzene rings is 4. The molecular formula is C34H26FN3O3S. The highest BCUT2D eigenvalue weighted by Gasteiger charge is 2.32. The lowest BCUT2D eigenvalue weighted by atomic mass is 9.95. The summed E-state index contributed by atoms with van der Waals surface area (Å²) >= 11 is 1.25. The van der Waals surface area contributed by atoms with E-state index in [4.69, 9.17) is 4.74 Å². The van der Waals surface area contributed by atoms with Gasteiger partial charge in [0.15, 0.2) is 4.80 Å². The summed E-state index contributed by atoms with van der Waals surface area (Å²) in [5.74, 6) is -0.0612. The number of thiazole rings is 1. The lowest BCUT2D eigenvalue weighted by molar-refractivity contribution is -0.113. The van der Waals surface area contributed by atoms with E-state index in [0.717, 1.165) is 16.9 Å². The third-order valence-electron chi connectivity index (χ3n) is 6.91. The number of hydrogen-bond donors (Lipinski definition) is 1. The van der Waals surface area contributed by atoms with Gasteiger partial charge in [-0.05, 0) is 66.1 Å². The molecular weight excluding hydrogens is 549 g/mol. The van der Waals surface area contributed by atoms with Gasteiger partial charge in [0.2, 0.25) is 0 Å². The molecule has 0 saturated heterocycles. The Labute approximate surface area is 245 Å². The maximum atomic E-state index is 13.9. The van der Waals surface area contributed by atoms with Gasteiger partial charge in [0.1, 0.15) is 18.2 Å². The molecule has 0 fully saturated rings. The Morgan fingerprint density at radius 2 is 1.62 bits per heavy atom. The predicted molar refractivity (Wildman–Crippen MR) is 162 cm³/mol. The molecule has 208 valence electrons. The molecule has 6 nitrogen and oxygen atoms in total. The van der Waals surface area contributed by atoms with Gasteiger partial charge >= 0.3 is 0 Å². The number of nitrogens with one attached hydrogen (secondary N) is 1. The molecule has 1 amide bonds. The van der Waals surface area contributed by atoms with Gasteiger partial charge in [0.05, 0.1) is 21.8 Å². The molecule has 8 heteroatoms. The molecule has 0 bridgehead atoms. The van der Waals surface area contributed by atoms with Crippen LogP contribution in [-0.4, -0.2) is 10.5 Å². The monoisotopic (exact) mass is 575 g/mol. The molecule has 4 aromatic carbocycles. The van der Waals surface area contributed by atoms with Crippen molar-refractivity contribution in [2.75, 3.05) is 5.32 Å². The molecule has 1 aliphatic heterocycles. The zero-order chi connectivity index (χ0) is 29.1. The number of fused-ring (bicyclic) bond motifs is 1. The van der Waals surface area contributed by atoms with Crippen molar-refractivity contribution < 1.29 is 13.9 Å². The van der Waals surface area contributed by atoms with Crippen molar-refractivity contribution in [2.24, 2.45) is 4.99 Å². The third-order valence-corrected chi connectivity index (χ3v) is 7.89. The number of anilines is 1. The summed E-state index contributed by atoms with van der Waals surface area (Å²) in [6.45, 7) is 2.21. The lowest BCUT2D eigenvalue weighted by Gasteiger charge is -2.25. The zero-order valence-electron chi connectivity index (χ0n) is 22.7. The number of hydrogen-bond acceptors (Lipinski definition) is 5. The minimum Gasteiger partial charge on any atom is -0.489 e. The highest BCUT2D eigenvalue weighted by molar-refractivity contribution is 7.07. The van der Waals surface area contributed by atoms with Gasteiger partial charge in [0.25, 0.3) is 11.5 Å². The summed E-state index contributed by atoms with van der Waals surface area (Å²) in [4.78, 5) is 32.6. The molecule has 0 aliphatic carbocycles. The standard InChI is InChI=1S/C34H26FN3O3S/c1-22-30(32(39)37-27-10-6-3-7-11-27)31(25-14-16-26(35)17-15-25)38-33(40)29(42-34(38)36-22)20-23-12-18-28(19-13-23)41-21-24-8-4-2-5-9-24/h2-20,31H,21H2,1H3,(H,37,39)/b29-20-. The van der Waals surface area contributed by atoms with E-state index in [1.807, 2.05) is 72.8 Å². The molecule has 1 atom stereocenters. The molecule has 1 aromatic heterocycles. The molecule has 0 saturated carbocycles. The average molecular weight is 576 g/mol. The van der Waals surface area contributed by atoms with Gasteiger partial charge in [-0.25, -0.2) is 9.38 Å². The van der Waals surface area contributed by atoms with Crippen LogP contribution in [0, 0.1) is 5.82 Å². The maximum absolute atomic E-state index is 13.9. The normalized spacial score (nSPS) is 14.7. The number of rotatable bonds is 7. The number of amides is 1. The first-order valence-corrected chi connectivity index (χ1v) is 14.2. The fraction of sp³-hybridized carbons (Fsp3) is 0.0882. The van der Waals surface area contributed by atoms with Crippen molar-refractivity contribution in [1.29, 1.82) is 0 Å². The van der Waals surface area contributed by atoms with Crippen LogP contribution < -0.4 is 24.9 Å². The number of para-hydroxylation sites is 1. The van der Waals surface area contributed by atoms with E-state index < -0.39 is 11.9 Å². The zero-order valence-corrected chi connectivity index (χ0v) is 23.5. The van der Waals surface area contributed by atoms with Crippen LogP contribution in [0.3, 0.4) is 0 Å². The number of nitrogens with zero attached hydrogens (tertiary/aromatic N) is 2. The van der Waals surface area contributed by atoms with Crippen LogP contribution >= 0.6 is 11.3 Å². The molecule has 5 aromatic rings. The second-order valence-electron chi connectivity index (χ2n) is 9.80. The average Bonchev–Trinajstić information content (AvgIpc) is 3.31. The summed E-state index contributed by atoms with van der Waals surface area (Å²) in [7, 11) is 0. The number of allylic oxidation sites excluding steroid dienone is 1. The van der Waals surface area contributed by atoms with Crippen LogP contribution in [0.4, 0.5) is 10.1 Å². The fourth-order valence-corrected chi connectivity index (χ4v) is 5.89. The van der Waals surface area contributed by atoms with E-state index in [1.54, 1.807) is 37.3 Å². The molecule has 1 aliphatic rings. The minimum absolute atomic E-state index is 0.282. The molecule has 2 heterocycles. The maximum Gasteiger partial charge on any atom is 0.271 e. The van der Waals surface area contributed by atoms with Crippen molar-refractivity contribution in [3.05, 3.63) is 163 Å². The number of aromatic nitrogens is 1. The third kappa shape index (κ3) is 5.70. The number of ether oxygens (including phenoxy) is 1. The molecule has 6 rings (SSSR count). The SMILES string of the molecule is CC1=C(C(=O)Nc2ccccc2)C(c2ccc(F)cc2)n2c(s/c(=C\c3ccc(OCc4ccccc4)cc3)c2=O)=N1. The Morgan fingerprint density at radius 3 is 2.31 bits per heavy atom. The van der Waals surface area contributed by atoms with E-state index in [2.05, 4.69) is 10.3 Å². The Hall–Kier alpha value is -5.08. The second-order valence-corrected chi connectivity index (χ2v) is 10.8. The summed E-state index contributed by atoms with van der Waals surface area (Å²) in [5.41, 5.74) is 3.66. The summed E-state index contributed by atoms with van der Waals surface area (Å²) in [6.07, 6.45) is 1.80. The van der Waals surface area contributed by atoms with Gasteiger partial charge in [0, 0.05) is 5.69 Å². The van der Waals surface area contributed by atoms with Crippen LogP contribution in [0.15, 0.2) is 130 Å². The molecule has 1 unspecified atom stereocenters. The van der Waals surface area contributed by atoms with E-state index >= 15 is 0 Å². The number of carbonyl (C=O) groups is 1. The minimum atomic E-state index is -0.776. The van der Waals surface area contributed by atoms with Crippen LogP contribution in [-0.2, 0) is 11.4 Å². The van der Waals surface area contributed by atoms with E-state index in [9.17, 15) is 14.0 Å². The summed E-state index contributed by atoms with van der Waals surface area (Å²) in [6, 6.07) is 31.6. The predicted octanol–water partition coefficient (Wildman–Crippen LogP) is 5.59. The summed E-state index contributed by atoms with van der Waals surface area (Å²) in [5, 5.41) is 2.91. The van der Waals surface area contributed by atoms with Crippen LogP contribution in [0.2, 0.25) is 0 Å². The second kappa shape index (κ2) is 11.8. The molecule has 42 heavy (non-hydrogen) atoms. The molecule has 1 N–H and O–H groups in total. The van der Waals surface area contributed by atoms with Crippen LogP contribution in [0.1, 0.15) is 29.7 Å².